The Hall–Kier alpha value is -2.17. The molecule has 1 saturated carbocycles. The van der Waals surface area contributed by atoms with E-state index >= 15 is 0 Å². The second kappa shape index (κ2) is 7.83. The van der Waals surface area contributed by atoms with Crippen molar-refractivity contribution in [3.05, 3.63) is 76.6 Å². The molecule has 1 aromatic carbocycles. The van der Waals surface area contributed by atoms with Crippen molar-refractivity contribution in [3.8, 4) is 5.69 Å². The summed E-state index contributed by atoms with van der Waals surface area (Å²) < 4.78 is 2.16. The molecule has 3 aromatic rings. The Bertz CT molecular complexity index is 895. The van der Waals surface area contributed by atoms with Crippen molar-refractivity contribution >= 4 is 11.6 Å². The van der Waals surface area contributed by atoms with E-state index in [9.17, 15) is 0 Å². The molecule has 140 valence electrons. The summed E-state index contributed by atoms with van der Waals surface area (Å²) in [5, 5.41) is 0.741. The third-order valence-corrected chi connectivity index (χ3v) is 5.20. The van der Waals surface area contributed by atoms with Crippen LogP contribution in [0.4, 0.5) is 0 Å². The highest BCUT2D eigenvalue weighted by Gasteiger charge is 2.23. The Morgan fingerprint density at radius 2 is 1.89 bits per heavy atom. The average molecular weight is 381 g/mol. The molecule has 0 unspecified atom stereocenters. The molecule has 5 heteroatoms. The number of pyridine rings is 1. The van der Waals surface area contributed by atoms with E-state index in [0.29, 0.717) is 6.42 Å². The van der Waals surface area contributed by atoms with Crippen molar-refractivity contribution in [2.24, 2.45) is 5.92 Å². The fraction of sp³-hybridized carbons (Fsp3) is 0.364. The zero-order chi connectivity index (χ0) is 18.8. The summed E-state index contributed by atoms with van der Waals surface area (Å²) in [6.07, 6.45) is 7.50. The lowest BCUT2D eigenvalue weighted by molar-refractivity contribution is 0.310. The lowest BCUT2D eigenvalue weighted by atomic mass is 10.2. The monoisotopic (exact) mass is 380 g/mol. The van der Waals surface area contributed by atoms with Crippen LogP contribution in [0.3, 0.4) is 0 Å². The van der Waals surface area contributed by atoms with Crippen molar-refractivity contribution in [2.45, 2.75) is 32.7 Å². The zero-order valence-electron chi connectivity index (χ0n) is 15.9. The molecule has 0 radical (unpaired) electrons. The molecular weight excluding hydrogens is 356 g/mol. The summed E-state index contributed by atoms with van der Waals surface area (Å²) in [6, 6.07) is 12.1. The molecule has 0 aliphatic heterocycles. The highest BCUT2D eigenvalue weighted by Crippen LogP contribution is 2.29. The van der Waals surface area contributed by atoms with Gasteiger partial charge in [0.15, 0.2) is 0 Å². The Labute approximate surface area is 165 Å². The van der Waals surface area contributed by atoms with Crippen molar-refractivity contribution in [3.63, 3.8) is 0 Å². The van der Waals surface area contributed by atoms with Crippen LogP contribution in [0.2, 0.25) is 5.02 Å². The Morgan fingerprint density at radius 1 is 1.11 bits per heavy atom. The highest BCUT2D eigenvalue weighted by atomic mass is 35.5. The normalized spacial score (nSPS) is 14.1. The third kappa shape index (κ3) is 4.76. The van der Waals surface area contributed by atoms with Gasteiger partial charge in [0, 0.05) is 48.3 Å². The zero-order valence-corrected chi connectivity index (χ0v) is 16.7. The molecule has 1 fully saturated rings. The number of aromatic nitrogens is 3. The number of aryl methyl sites for hydroxylation is 1. The van der Waals surface area contributed by atoms with Gasteiger partial charge in [0.1, 0.15) is 5.82 Å². The molecule has 0 saturated heterocycles. The van der Waals surface area contributed by atoms with Crippen LogP contribution < -0.4 is 0 Å². The van der Waals surface area contributed by atoms with E-state index < -0.39 is 0 Å². The largest absolute Gasteiger partial charge is 0.303 e. The van der Waals surface area contributed by atoms with E-state index in [2.05, 4.69) is 46.8 Å². The minimum absolute atomic E-state index is 0.704. The molecule has 0 amide bonds. The van der Waals surface area contributed by atoms with E-state index in [1.54, 1.807) is 0 Å². The Morgan fingerprint density at radius 3 is 2.56 bits per heavy atom. The molecule has 4 rings (SSSR count). The van der Waals surface area contributed by atoms with E-state index in [0.717, 1.165) is 46.9 Å². The summed E-state index contributed by atoms with van der Waals surface area (Å²) in [7, 11) is 2.18. The molecule has 0 atom stereocenters. The lowest BCUT2D eigenvalue weighted by Crippen LogP contribution is -2.20. The molecule has 27 heavy (non-hydrogen) atoms. The van der Waals surface area contributed by atoms with Gasteiger partial charge in [-0.2, -0.15) is 0 Å². The smallest absolute Gasteiger partial charge is 0.119 e. The lowest BCUT2D eigenvalue weighted by Gasteiger charge is -2.14. The van der Waals surface area contributed by atoms with Crippen molar-refractivity contribution in [1.29, 1.82) is 0 Å². The molecule has 1 aliphatic carbocycles. The Kier molecular flexibility index (Phi) is 5.28. The maximum Gasteiger partial charge on any atom is 0.119 e. The quantitative estimate of drug-likeness (QED) is 0.597. The molecule has 0 bridgehead atoms. The van der Waals surface area contributed by atoms with Gasteiger partial charge in [0.2, 0.25) is 0 Å². The van der Waals surface area contributed by atoms with Crippen LogP contribution >= 0.6 is 11.6 Å². The van der Waals surface area contributed by atoms with Gasteiger partial charge in [-0.15, -0.1) is 0 Å². The first kappa shape index (κ1) is 18.2. The molecular formula is C22H25ClN4. The predicted octanol–water partition coefficient (Wildman–Crippen LogP) is 4.66. The van der Waals surface area contributed by atoms with E-state index in [1.165, 1.54) is 18.4 Å². The van der Waals surface area contributed by atoms with Crippen LogP contribution in [-0.2, 0) is 13.0 Å². The number of benzene rings is 1. The molecule has 0 N–H and O–H groups in total. The average Bonchev–Trinajstić information content (AvgIpc) is 3.37. The van der Waals surface area contributed by atoms with Crippen molar-refractivity contribution in [2.75, 3.05) is 13.6 Å². The predicted molar refractivity (Wildman–Crippen MR) is 109 cm³/mol. The topological polar surface area (TPSA) is 34.0 Å². The first-order chi connectivity index (χ1) is 13.1. The summed E-state index contributed by atoms with van der Waals surface area (Å²) in [6.45, 7) is 4.08. The number of hydrogen-bond donors (Lipinski definition) is 0. The fourth-order valence-corrected chi connectivity index (χ4v) is 3.47. The van der Waals surface area contributed by atoms with Crippen LogP contribution in [0.1, 0.15) is 35.6 Å². The van der Waals surface area contributed by atoms with Gasteiger partial charge in [0.05, 0.1) is 5.69 Å². The SMILES string of the molecule is Cc1ccc(Cc2nc(CN(C)CC3CC3)cn2-c2ccc(Cl)cc2)nc1. The van der Waals surface area contributed by atoms with Gasteiger partial charge in [-0.25, -0.2) is 4.98 Å². The first-order valence-electron chi connectivity index (χ1n) is 9.50. The van der Waals surface area contributed by atoms with E-state index in [4.69, 9.17) is 16.6 Å². The fourth-order valence-electron chi connectivity index (χ4n) is 3.35. The summed E-state index contributed by atoms with van der Waals surface area (Å²) in [4.78, 5) is 11.9. The molecule has 2 heterocycles. The summed E-state index contributed by atoms with van der Waals surface area (Å²) in [5.41, 5.74) is 4.36. The maximum atomic E-state index is 6.07. The van der Waals surface area contributed by atoms with Gasteiger partial charge in [-0.1, -0.05) is 17.7 Å². The molecule has 4 nitrogen and oxygen atoms in total. The van der Waals surface area contributed by atoms with Crippen LogP contribution in [-0.4, -0.2) is 33.0 Å². The first-order valence-corrected chi connectivity index (χ1v) is 9.88. The standard InChI is InChI=1S/C22H25ClN4/c1-16-3-8-19(24-12-16)11-22-25-20(14-26(2)13-17-4-5-17)15-27(22)21-9-6-18(23)7-10-21/h3,6-10,12,15,17H,4-5,11,13-14H2,1-2H3. The maximum absolute atomic E-state index is 6.07. The van der Waals surface area contributed by atoms with Gasteiger partial charge in [-0.3, -0.25) is 4.98 Å². The van der Waals surface area contributed by atoms with Crippen molar-refractivity contribution < 1.29 is 0 Å². The van der Waals surface area contributed by atoms with Crippen LogP contribution in [0.25, 0.3) is 5.69 Å². The minimum atomic E-state index is 0.704. The van der Waals surface area contributed by atoms with Crippen LogP contribution in [0.15, 0.2) is 48.8 Å². The number of halogens is 1. The second-order valence-corrected chi connectivity index (χ2v) is 8.08. The number of nitrogens with zero attached hydrogens (tertiary/aromatic N) is 4. The van der Waals surface area contributed by atoms with E-state index in [1.807, 2.05) is 30.5 Å². The number of rotatable bonds is 7. The molecule has 1 aliphatic rings. The van der Waals surface area contributed by atoms with Gasteiger partial charge in [0.25, 0.3) is 0 Å². The van der Waals surface area contributed by atoms with Crippen molar-refractivity contribution in [1.82, 2.24) is 19.4 Å². The van der Waals surface area contributed by atoms with Crippen LogP contribution in [0, 0.1) is 12.8 Å². The number of hydrogen-bond acceptors (Lipinski definition) is 3. The number of imidazole rings is 1. The van der Waals surface area contributed by atoms with Gasteiger partial charge >= 0.3 is 0 Å². The second-order valence-electron chi connectivity index (χ2n) is 7.64. The van der Waals surface area contributed by atoms with Gasteiger partial charge in [-0.05, 0) is 68.6 Å². The highest BCUT2D eigenvalue weighted by molar-refractivity contribution is 6.30. The van der Waals surface area contributed by atoms with E-state index in [-0.39, 0.29) is 0 Å². The Balaban J connectivity index is 1.61. The summed E-state index contributed by atoms with van der Waals surface area (Å²) >= 11 is 6.07. The third-order valence-electron chi connectivity index (χ3n) is 4.94. The van der Waals surface area contributed by atoms with Gasteiger partial charge < -0.3 is 9.47 Å². The molecule has 2 aromatic heterocycles. The summed E-state index contributed by atoms with van der Waals surface area (Å²) in [5.74, 6) is 1.88. The minimum Gasteiger partial charge on any atom is -0.303 e. The van der Waals surface area contributed by atoms with Crippen LogP contribution in [0.5, 0.6) is 0 Å². The molecule has 0 spiro atoms.